The van der Waals surface area contributed by atoms with E-state index in [9.17, 15) is 9.59 Å². The number of nitrogens with zero attached hydrogens (tertiary/aromatic N) is 1. The molecule has 0 atom stereocenters. The molecule has 1 aliphatic carbocycles. The van der Waals surface area contributed by atoms with Crippen molar-refractivity contribution in [2.24, 2.45) is 0 Å². The number of hydrogen-bond acceptors (Lipinski definition) is 5. The number of carbonyl (C=O) groups is 1. The van der Waals surface area contributed by atoms with Crippen LogP contribution in [-0.4, -0.2) is 10.9 Å². The normalized spacial score (nSPS) is 13.7. The first-order chi connectivity index (χ1) is 11.2. The summed E-state index contributed by atoms with van der Waals surface area (Å²) in [5, 5.41) is 3.89. The zero-order chi connectivity index (χ0) is 15.8. The topological polar surface area (TPSA) is 59.1 Å². The number of hydrogen-bond donors (Lipinski definition) is 1. The maximum Gasteiger partial charge on any atom is 0.257 e. The molecule has 2 heterocycles. The van der Waals surface area contributed by atoms with E-state index in [0.29, 0.717) is 10.7 Å². The molecule has 6 heteroatoms. The molecule has 0 saturated carbocycles. The first-order valence-corrected chi connectivity index (χ1v) is 9.17. The summed E-state index contributed by atoms with van der Waals surface area (Å²) in [6, 6.07) is 8.94. The molecule has 2 aromatic heterocycles. The van der Waals surface area contributed by atoms with Gasteiger partial charge in [-0.1, -0.05) is 29.5 Å². The highest BCUT2D eigenvalue weighted by atomic mass is 32.1. The summed E-state index contributed by atoms with van der Waals surface area (Å²) in [5.74, 6) is -0.241. The van der Waals surface area contributed by atoms with E-state index in [1.807, 2.05) is 6.07 Å². The molecule has 4 rings (SSSR count). The monoisotopic (exact) mass is 342 g/mol. The van der Waals surface area contributed by atoms with Gasteiger partial charge in [0.2, 0.25) is 4.74 Å². The lowest BCUT2D eigenvalue weighted by atomic mass is 9.98. The lowest BCUT2D eigenvalue weighted by Gasteiger charge is -2.09. The Labute approximate surface area is 140 Å². The Kier molecular flexibility index (Phi) is 3.71. The van der Waals surface area contributed by atoms with Crippen LogP contribution in [0.15, 0.2) is 35.1 Å². The molecule has 0 saturated heterocycles. The number of thiophene rings is 1. The van der Waals surface area contributed by atoms with E-state index in [2.05, 4.69) is 10.3 Å². The van der Waals surface area contributed by atoms with E-state index in [1.165, 1.54) is 16.9 Å². The molecule has 0 aliphatic heterocycles. The van der Waals surface area contributed by atoms with Gasteiger partial charge in [-0.25, -0.2) is 4.98 Å². The second-order valence-electron chi connectivity index (χ2n) is 5.52. The van der Waals surface area contributed by atoms with E-state index < -0.39 is 0 Å². The zero-order valence-electron chi connectivity index (χ0n) is 12.3. The molecule has 3 aromatic rings. The van der Waals surface area contributed by atoms with E-state index in [4.69, 9.17) is 0 Å². The van der Waals surface area contributed by atoms with Gasteiger partial charge in [-0.3, -0.25) is 14.9 Å². The molecule has 0 bridgehead atoms. The highest BCUT2D eigenvalue weighted by molar-refractivity contribution is 7.20. The fraction of sp³-hybridized carbons (Fsp3) is 0.235. The fourth-order valence-corrected chi connectivity index (χ4v) is 5.07. The maximum atomic E-state index is 12.5. The molecule has 0 spiro atoms. The summed E-state index contributed by atoms with van der Waals surface area (Å²) in [6.07, 6.45) is 4.31. The first-order valence-electron chi connectivity index (χ1n) is 7.54. The first kappa shape index (κ1) is 14.5. The predicted molar refractivity (Wildman–Crippen MR) is 94.8 cm³/mol. The van der Waals surface area contributed by atoms with Crippen LogP contribution in [0.2, 0.25) is 0 Å². The minimum Gasteiger partial charge on any atom is -0.298 e. The van der Waals surface area contributed by atoms with Crippen LogP contribution in [0.25, 0.3) is 10.2 Å². The molecule has 23 heavy (non-hydrogen) atoms. The summed E-state index contributed by atoms with van der Waals surface area (Å²) >= 11 is 2.61. The molecule has 1 N–H and O–H groups in total. The van der Waals surface area contributed by atoms with E-state index >= 15 is 0 Å². The van der Waals surface area contributed by atoms with Crippen LogP contribution in [0.5, 0.6) is 0 Å². The van der Waals surface area contributed by atoms with Gasteiger partial charge >= 0.3 is 0 Å². The molecule has 0 fully saturated rings. The third kappa shape index (κ3) is 2.68. The van der Waals surface area contributed by atoms with Crippen LogP contribution in [0.1, 0.15) is 33.6 Å². The maximum absolute atomic E-state index is 12.5. The Balaban J connectivity index is 1.72. The lowest BCUT2D eigenvalue weighted by molar-refractivity contribution is 0.102. The molecule has 0 radical (unpaired) electrons. The van der Waals surface area contributed by atoms with Crippen molar-refractivity contribution in [3.05, 3.63) is 55.9 Å². The van der Waals surface area contributed by atoms with Crippen LogP contribution < -0.4 is 10.1 Å². The number of carbonyl (C=O) groups excluding carboxylic acids is 1. The van der Waals surface area contributed by atoms with Crippen LogP contribution in [0, 0.1) is 0 Å². The van der Waals surface area contributed by atoms with Crippen LogP contribution in [-0.2, 0) is 12.8 Å². The van der Waals surface area contributed by atoms with Gasteiger partial charge in [0.25, 0.3) is 5.91 Å². The SMILES string of the molecule is O=C(Nc1nc2sc3c(c2c(=O)s1)CCCC3)c1ccccc1. The van der Waals surface area contributed by atoms with E-state index in [-0.39, 0.29) is 10.6 Å². The van der Waals surface area contributed by atoms with Crippen LogP contribution in [0.4, 0.5) is 5.13 Å². The third-order valence-corrected chi connectivity index (χ3v) is 5.97. The Morgan fingerprint density at radius 2 is 1.87 bits per heavy atom. The van der Waals surface area contributed by atoms with E-state index in [1.54, 1.807) is 35.6 Å². The van der Waals surface area contributed by atoms with Crippen molar-refractivity contribution >= 4 is 43.9 Å². The van der Waals surface area contributed by atoms with Gasteiger partial charge in [-0.05, 0) is 43.4 Å². The smallest absolute Gasteiger partial charge is 0.257 e. The number of rotatable bonds is 2. The van der Waals surface area contributed by atoms with Crippen molar-refractivity contribution < 1.29 is 4.79 Å². The molecule has 0 unspecified atom stereocenters. The summed E-state index contributed by atoms with van der Waals surface area (Å²) in [6.45, 7) is 0. The van der Waals surface area contributed by atoms with Crippen LogP contribution >= 0.6 is 22.7 Å². The van der Waals surface area contributed by atoms with Gasteiger partial charge in [-0.15, -0.1) is 11.3 Å². The Hall–Kier alpha value is -2.05. The number of anilines is 1. The molecule has 116 valence electrons. The summed E-state index contributed by atoms with van der Waals surface area (Å²) in [7, 11) is 0. The van der Waals surface area contributed by atoms with Gasteiger partial charge in [0, 0.05) is 10.4 Å². The summed E-state index contributed by atoms with van der Waals surface area (Å²) in [5.41, 5.74) is 1.74. The number of aryl methyl sites for hydroxylation is 2. The Bertz CT molecular complexity index is 944. The van der Waals surface area contributed by atoms with Crippen molar-refractivity contribution in [2.45, 2.75) is 25.7 Å². The molecular formula is C17H14N2O2S2. The molecule has 1 aromatic carbocycles. The van der Waals surface area contributed by atoms with Crippen molar-refractivity contribution in [3.63, 3.8) is 0 Å². The summed E-state index contributed by atoms with van der Waals surface area (Å²) in [4.78, 5) is 31.2. The number of aromatic nitrogens is 1. The minimum atomic E-state index is -0.241. The highest BCUT2D eigenvalue weighted by Gasteiger charge is 2.20. The minimum absolute atomic E-state index is 0.00207. The average molecular weight is 342 g/mol. The van der Waals surface area contributed by atoms with Gasteiger partial charge < -0.3 is 0 Å². The Morgan fingerprint density at radius 3 is 2.70 bits per heavy atom. The number of benzene rings is 1. The van der Waals surface area contributed by atoms with Crippen molar-refractivity contribution in [1.82, 2.24) is 4.98 Å². The predicted octanol–water partition coefficient (Wildman–Crippen LogP) is 3.85. The summed E-state index contributed by atoms with van der Waals surface area (Å²) < 4.78 is -0.00207. The van der Waals surface area contributed by atoms with Crippen molar-refractivity contribution in [2.75, 3.05) is 5.32 Å². The largest absolute Gasteiger partial charge is 0.298 e. The third-order valence-electron chi connectivity index (χ3n) is 4.01. The Morgan fingerprint density at radius 1 is 1.09 bits per heavy atom. The zero-order valence-corrected chi connectivity index (χ0v) is 13.9. The highest BCUT2D eigenvalue weighted by Crippen LogP contribution is 2.34. The van der Waals surface area contributed by atoms with Crippen molar-refractivity contribution in [1.29, 1.82) is 0 Å². The van der Waals surface area contributed by atoms with Crippen molar-refractivity contribution in [3.8, 4) is 0 Å². The van der Waals surface area contributed by atoms with Crippen LogP contribution in [0.3, 0.4) is 0 Å². The van der Waals surface area contributed by atoms with Gasteiger partial charge in [0.15, 0.2) is 5.13 Å². The van der Waals surface area contributed by atoms with Gasteiger partial charge in [0.05, 0.1) is 5.39 Å². The number of nitrogens with one attached hydrogen (secondary N) is 1. The lowest BCUT2D eigenvalue weighted by Crippen LogP contribution is -2.13. The average Bonchev–Trinajstić information content (AvgIpc) is 2.94. The second kappa shape index (κ2) is 5.86. The molecule has 4 nitrogen and oxygen atoms in total. The quantitative estimate of drug-likeness (QED) is 0.769. The number of amides is 1. The second-order valence-corrected chi connectivity index (χ2v) is 7.56. The fourth-order valence-electron chi connectivity index (χ4n) is 2.91. The molecule has 1 amide bonds. The van der Waals surface area contributed by atoms with Gasteiger partial charge in [0.1, 0.15) is 4.83 Å². The molecule has 1 aliphatic rings. The molecular weight excluding hydrogens is 328 g/mol. The standard InChI is InChI=1S/C17H14N2O2S2/c20-14(10-6-2-1-3-7-10)18-17-19-15-13(16(21)23-17)11-8-4-5-9-12(11)22-15/h1-3,6-7H,4-5,8-9H2,(H,18,19,20). The number of fused-ring (bicyclic) bond motifs is 3. The van der Waals surface area contributed by atoms with E-state index in [0.717, 1.165) is 40.8 Å². The van der Waals surface area contributed by atoms with Gasteiger partial charge in [-0.2, -0.15) is 0 Å².